The van der Waals surface area contributed by atoms with Crippen LogP contribution < -0.4 is 15.5 Å². The van der Waals surface area contributed by atoms with E-state index < -0.39 is 24.2 Å². The number of anilines is 3. The maximum absolute atomic E-state index is 10.7. The lowest BCUT2D eigenvalue weighted by Gasteiger charge is -2.32. The summed E-state index contributed by atoms with van der Waals surface area (Å²) in [5.74, 6) is 2.15. The molecule has 6 rings (SSSR count). The van der Waals surface area contributed by atoms with Crippen molar-refractivity contribution < 1.29 is 15.3 Å². The summed E-state index contributed by atoms with van der Waals surface area (Å²) in [7, 11) is 0. The summed E-state index contributed by atoms with van der Waals surface area (Å²) >= 11 is 1.53. The Kier molecular flexibility index (Phi) is 7.74. The van der Waals surface area contributed by atoms with Crippen molar-refractivity contribution in [2.75, 3.05) is 41.8 Å². The normalized spacial score (nSPS) is 23.6. The zero-order chi connectivity index (χ0) is 27.6. The van der Waals surface area contributed by atoms with Crippen LogP contribution in [0.1, 0.15) is 25.0 Å². The van der Waals surface area contributed by atoms with Gasteiger partial charge in [0, 0.05) is 44.6 Å². The predicted molar refractivity (Wildman–Crippen MR) is 155 cm³/mol. The lowest BCUT2D eigenvalue weighted by atomic mass is 9.97. The van der Waals surface area contributed by atoms with Crippen molar-refractivity contribution in [3.63, 3.8) is 0 Å². The molecule has 11 nitrogen and oxygen atoms in total. The van der Waals surface area contributed by atoms with Crippen molar-refractivity contribution in [1.29, 1.82) is 0 Å². The van der Waals surface area contributed by atoms with Gasteiger partial charge in [-0.05, 0) is 50.3 Å². The minimum atomic E-state index is -1.03. The van der Waals surface area contributed by atoms with Crippen molar-refractivity contribution in [3.8, 4) is 10.6 Å². The van der Waals surface area contributed by atoms with E-state index in [-0.39, 0.29) is 6.61 Å². The number of rotatable bonds is 8. The summed E-state index contributed by atoms with van der Waals surface area (Å²) in [6.07, 6.45) is 5.78. The monoisotopic (exact) mass is 562 g/mol. The molecular formula is C28H34N8O3S. The number of nitrogens with one attached hydrogen (secondary N) is 2. The van der Waals surface area contributed by atoms with E-state index in [0.29, 0.717) is 24.1 Å². The van der Waals surface area contributed by atoms with Gasteiger partial charge < -0.3 is 30.9 Å². The second-order valence-electron chi connectivity index (χ2n) is 10.6. The highest BCUT2D eigenvalue weighted by atomic mass is 32.1. The van der Waals surface area contributed by atoms with Crippen LogP contribution in [0.15, 0.2) is 42.9 Å². The Bertz CT molecular complexity index is 1410. The first-order chi connectivity index (χ1) is 19.5. The average molecular weight is 563 g/mol. The van der Waals surface area contributed by atoms with Crippen LogP contribution >= 0.6 is 11.3 Å². The maximum Gasteiger partial charge on any atom is 0.224 e. The molecule has 4 atom stereocenters. The lowest BCUT2D eigenvalue weighted by Crippen LogP contribution is -2.36. The van der Waals surface area contributed by atoms with E-state index in [9.17, 15) is 15.3 Å². The molecule has 0 amide bonds. The van der Waals surface area contributed by atoms with Gasteiger partial charge in [0.2, 0.25) is 5.95 Å². The molecule has 0 spiro atoms. The van der Waals surface area contributed by atoms with Gasteiger partial charge in [-0.1, -0.05) is 6.07 Å². The summed E-state index contributed by atoms with van der Waals surface area (Å²) in [5.41, 5.74) is 2.30. The second kappa shape index (κ2) is 11.6. The minimum Gasteiger partial charge on any atom is -0.396 e. The van der Waals surface area contributed by atoms with E-state index in [1.54, 1.807) is 12.4 Å². The van der Waals surface area contributed by atoms with Crippen LogP contribution in [0.3, 0.4) is 0 Å². The van der Waals surface area contributed by atoms with E-state index in [4.69, 9.17) is 15.0 Å². The quantitative estimate of drug-likeness (QED) is 0.215. The topological polar surface area (TPSA) is 152 Å². The fraction of sp³-hybridized carbons (Fsp3) is 0.464. The van der Waals surface area contributed by atoms with Gasteiger partial charge in [0.05, 0.1) is 34.3 Å². The summed E-state index contributed by atoms with van der Waals surface area (Å²) < 4.78 is 1.01. The number of fused-ring (bicyclic) bond motifs is 1. The third-order valence-corrected chi connectivity index (χ3v) is 9.04. The standard InChI is InChI=1S/C28H34N8O3S/c1-16-23(27-34-20-14-29-9-5-21(20)40-27)26(33-19-12-18(15-37)24(38)25(19)39)35-28(32-16)31-13-17-6-10-36(11-7-17)22-4-2-3-8-30-22/h2-5,8-9,14,17-19,24-25,37-39H,6-7,10-13,15H2,1H3,(H2,31,32,33,35)/t18-,19?,24-,25+/m1/s1. The highest BCUT2D eigenvalue weighted by Gasteiger charge is 2.41. The van der Waals surface area contributed by atoms with Crippen molar-refractivity contribution in [2.45, 2.75) is 44.4 Å². The SMILES string of the molecule is Cc1nc(NCC2CCN(c3ccccn3)CC2)nc(NC2C[C@H](CO)[C@@H](O)[C@H]2O)c1-c1nc2cnccc2s1. The van der Waals surface area contributed by atoms with Crippen molar-refractivity contribution >= 4 is 39.1 Å². The van der Waals surface area contributed by atoms with Crippen LogP contribution in [0.4, 0.5) is 17.6 Å². The van der Waals surface area contributed by atoms with Crippen LogP contribution in [0.25, 0.3) is 20.8 Å². The molecule has 210 valence electrons. The van der Waals surface area contributed by atoms with Crippen molar-refractivity contribution in [1.82, 2.24) is 24.9 Å². The number of aryl methyl sites for hydroxylation is 1. The fourth-order valence-corrected chi connectivity index (χ4v) is 6.70. The summed E-state index contributed by atoms with van der Waals surface area (Å²) in [5, 5.41) is 38.3. The van der Waals surface area contributed by atoms with Crippen LogP contribution in [0, 0.1) is 18.8 Å². The highest BCUT2D eigenvalue weighted by Crippen LogP contribution is 2.38. The van der Waals surface area contributed by atoms with Gasteiger partial charge in [-0.25, -0.2) is 15.0 Å². The van der Waals surface area contributed by atoms with Crippen molar-refractivity contribution in [3.05, 3.63) is 48.5 Å². The van der Waals surface area contributed by atoms with Gasteiger partial charge in [-0.2, -0.15) is 4.98 Å². The van der Waals surface area contributed by atoms with Crippen molar-refractivity contribution in [2.24, 2.45) is 11.8 Å². The smallest absolute Gasteiger partial charge is 0.224 e. The lowest BCUT2D eigenvalue weighted by molar-refractivity contribution is 0.00446. The largest absolute Gasteiger partial charge is 0.396 e. The van der Waals surface area contributed by atoms with Gasteiger partial charge in [-0.15, -0.1) is 11.3 Å². The summed E-state index contributed by atoms with van der Waals surface area (Å²) in [6, 6.07) is 7.46. The molecule has 4 aromatic rings. The Balaban J connectivity index is 1.22. The number of thiazole rings is 1. The fourth-order valence-electron chi connectivity index (χ4n) is 5.67. The number of hydrogen-bond acceptors (Lipinski definition) is 12. The maximum atomic E-state index is 10.7. The van der Waals surface area contributed by atoms with Crippen LogP contribution in [-0.4, -0.2) is 84.7 Å². The molecule has 1 aliphatic carbocycles. The zero-order valence-electron chi connectivity index (χ0n) is 22.3. The van der Waals surface area contributed by atoms with Crippen LogP contribution in [0.5, 0.6) is 0 Å². The predicted octanol–water partition coefficient (Wildman–Crippen LogP) is 2.69. The molecule has 4 aromatic heterocycles. The van der Waals surface area contributed by atoms with E-state index in [1.807, 2.05) is 31.3 Å². The molecule has 5 heterocycles. The number of aromatic nitrogens is 5. The molecule has 1 aliphatic heterocycles. The number of aliphatic hydroxyl groups excluding tert-OH is 3. The molecule has 2 aliphatic rings. The summed E-state index contributed by atoms with van der Waals surface area (Å²) in [4.78, 5) is 25.4. The molecule has 5 N–H and O–H groups in total. The first kappa shape index (κ1) is 26.8. The molecule has 1 unspecified atom stereocenters. The number of piperidine rings is 1. The second-order valence-corrected chi connectivity index (χ2v) is 11.7. The molecule has 12 heteroatoms. The Labute approximate surface area is 236 Å². The Morgan fingerprint density at radius 2 is 1.90 bits per heavy atom. The first-order valence-corrected chi connectivity index (χ1v) is 14.5. The first-order valence-electron chi connectivity index (χ1n) is 13.7. The number of aliphatic hydroxyl groups is 3. The highest BCUT2D eigenvalue weighted by molar-refractivity contribution is 7.21. The van der Waals surface area contributed by atoms with E-state index in [0.717, 1.165) is 64.8 Å². The van der Waals surface area contributed by atoms with Gasteiger partial charge in [0.1, 0.15) is 28.3 Å². The Hall–Kier alpha value is -3.45. The Morgan fingerprint density at radius 1 is 1.05 bits per heavy atom. The van der Waals surface area contributed by atoms with Gasteiger partial charge in [0.25, 0.3) is 0 Å². The summed E-state index contributed by atoms with van der Waals surface area (Å²) in [6.45, 7) is 4.39. The molecule has 40 heavy (non-hydrogen) atoms. The molecule has 2 fully saturated rings. The molecule has 1 saturated carbocycles. The molecular weight excluding hydrogens is 528 g/mol. The molecule has 0 radical (unpaired) electrons. The zero-order valence-corrected chi connectivity index (χ0v) is 23.1. The minimum absolute atomic E-state index is 0.192. The average Bonchev–Trinajstić information content (AvgIpc) is 3.52. The van der Waals surface area contributed by atoms with Gasteiger partial charge in [-0.3, -0.25) is 4.98 Å². The number of hydrogen-bond donors (Lipinski definition) is 5. The van der Waals surface area contributed by atoms with E-state index >= 15 is 0 Å². The third-order valence-electron chi connectivity index (χ3n) is 7.99. The third kappa shape index (κ3) is 5.44. The van der Waals surface area contributed by atoms with Gasteiger partial charge >= 0.3 is 0 Å². The van der Waals surface area contributed by atoms with Gasteiger partial charge in [0.15, 0.2) is 0 Å². The number of nitrogens with zero attached hydrogens (tertiary/aromatic N) is 6. The van der Waals surface area contributed by atoms with Crippen LogP contribution in [-0.2, 0) is 0 Å². The van der Waals surface area contributed by atoms with E-state index in [1.165, 1.54) is 11.3 Å². The molecule has 1 saturated heterocycles. The molecule has 0 bridgehead atoms. The number of pyridine rings is 2. The van der Waals surface area contributed by atoms with Crippen LogP contribution in [0.2, 0.25) is 0 Å². The van der Waals surface area contributed by atoms with E-state index in [2.05, 4.69) is 31.6 Å². The Morgan fingerprint density at radius 3 is 2.62 bits per heavy atom. The molecule has 0 aromatic carbocycles.